The summed E-state index contributed by atoms with van der Waals surface area (Å²) in [5.74, 6) is -0.371. The molecule has 2 aliphatic heterocycles. The first-order chi connectivity index (χ1) is 20.6. The number of aromatic nitrogens is 6. The van der Waals surface area contributed by atoms with Gasteiger partial charge in [-0.2, -0.15) is 0 Å². The molecule has 6 heterocycles. The van der Waals surface area contributed by atoms with Crippen molar-refractivity contribution >= 4 is 33.7 Å². The molecule has 17 heteroatoms. The molecule has 0 aliphatic carbocycles. The molecular weight excluding hydrogens is 753 g/mol. The van der Waals surface area contributed by atoms with Crippen LogP contribution in [0, 0.1) is 22.0 Å². The number of fused-ring (bicyclic) bond motifs is 2. The molecule has 4 aromatic rings. The molecule has 2 aliphatic rings. The average Bonchev–Trinajstić information content (AvgIpc) is 3.75. The number of imidazole rings is 2. The van der Waals surface area contributed by atoms with Gasteiger partial charge in [-0.25, -0.2) is 28.7 Å². The van der Waals surface area contributed by atoms with Gasteiger partial charge >= 0.3 is 25.3 Å². The van der Waals surface area contributed by atoms with Crippen LogP contribution in [0.4, 0.5) is 20.2 Å². The van der Waals surface area contributed by atoms with E-state index in [9.17, 15) is 18.9 Å². The molecule has 0 spiro atoms. The summed E-state index contributed by atoms with van der Waals surface area (Å²) in [5, 5.41) is 11.0. The molecule has 0 radical (unpaired) electrons. The van der Waals surface area contributed by atoms with Crippen molar-refractivity contribution in [3.63, 3.8) is 0 Å². The Kier molecular flexibility index (Phi) is 10.5. The monoisotopic (exact) mass is 787 g/mol. The van der Waals surface area contributed by atoms with Crippen molar-refractivity contribution in [2.75, 3.05) is 5.73 Å². The van der Waals surface area contributed by atoms with E-state index in [0.29, 0.717) is 23.3 Å². The van der Waals surface area contributed by atoms with Gasteiger partial charge < -0.3 is 15.2 Å². The number of hydrogen-bond acceptors (Lipinski definition) is 11. The van der Waals surface area contributed by atoms with Crippen LogP contribution in [-0.2, 0) is 34.8 Å². The van der Waals surface area contributed by atoms with Crippen molar-refractivity contribution in [3.05, 3.63) is 47.3 Å². The molecule has 2 fully saturated rings. The normalized spacial score (nSPS) is 28.4. The van der Waals surface area contributed by atoms with Crippen molar-refractivity contribution in [2.45, 2.75) is 77.5 Å². The summed E-state index contributed by atoms with van der Waals surface area (Å²) in [6.07, 6.45) is 3.30. The number of rotatable bonds is 5. The van der Waals surface area contributed by atoms with Crippen LogP contribution in [0.15, 0.2) is 37.2 Å². The molecule has 0 unspecified atom stereocenters. The summed E-state index contributed by atoms with van der Waals surface area (Å²) in [7, 11) is 0. The predicted octanol–water partition coefficient (Wildman–Crippen LogP) is 4.92. The Morgan fingerprint density at radius 3 is 1.79 bits per heavy atom. The fraction of sp³-hybridized carbons (Fsp3) is 0.538. The average molecular weight is 788 g/mol. The fourth-order valence-electron chi connectivity index (χ4n) is 5.45. The van der Waals surface area contributed by atoms with Crippen LogP contribution in [0.5, 0.6) is 0 Å². The number of nitro groups is 1. The molecule has 0 aromatic carbocycles. The third-order valence-electron chi connectivity index (χ3n) is 7.83. The van der Waals surface area contributed by atoms with E-state index in [0.717, 1.165) is 6.42 Å². The van der Waals surface area contributed by atoms with Gasteiger partial charge in [0.1, 0.15) is 5.52 Å². The van der Waals surface area contributed by atoms with Gasteiger partial charge in [0.25, 0.3) is 5.69 Å². The Labute approximate surface area is 254 Å². The molecule has 0 bridgehead atoms. The van der Waals surface area contributed by atoms with E-state index in [2.05, 4.69) is 19.9 Å². The van der Waals surface area contributed by atoms with E-state index < -0.39 is 48.2 Å². The van der Waals surface area contributed by atoms with Crippen molar-refractivity contribution in [1.82, 2.24) is 29.1 Å². The number of hydrogen-bond donors (Lipinski definition) is 1. The Balaban J connectivity index is 0.000000217. The number of nitrogen functional groups attached to an aromatic ring is 1. The number of nitrogens with zero attached hydrogens (tertiary/aromatic N) is 7. The summed E-state index contributed by atoms with van der Waals surface area (Å²) in [6, 6.07) is 2.96. The number of ether oxygens (including phenoxy) is 2. The molecule has 2 N–H and O–H groups in total. The summed E-state index contributed by atoms with van der Waals surface area (Å²) in [6.45, 7) is 7.61. The van der Waals surface area contributed by atoms with Crippen LogP contribution in [-0.4, -0.2) is 58.5 Å². The Morgan fingerprint density at radius 1 is 0.907 bits per heavy atom. The van der Waals surface area contributed by atoms with Gasteiger partial charge in [0.05, 0.1) is 35.5 Å². The molecule has 238 valence electrons. The van der Waals surface area contributed by atoms with E-state index >= 15 is 0 Å². The molecule has 43 heavy (non-hydrogen) atoms. The third kappa shape index (κ3) is 6.27. The first kappa shape index (κ1) is 32.4. The summed E-state index contributed by atoms with van der Waals surface area (Å²) < 4.78 is 60.4. The van der Waals surface area contributed by atoms with Gasteiger partial charge in [-0.1, -0.05) is 27.7 Å². The second-order valence-electron chi connectivity index (χ2n) is 10.2. The quantitative estimate of drug-likeness (QED) is 0.214. The maximum atomic E-state index is 14.4. The predicted molar refractivity (Wildman–Crippen MR) is 146 cm³/mol. The van der Waals surface area contributed by atoms with Crippen LogP contribution in [0.1, 0.15) is 54.4 Å². The Morgan fingerprint density at radius 2 is 1.35 bits per heavy atom. The second-order valence-corrected chi connectivity index (χ2v) is 10.6. The second kappa shape index (κ2) is 13.9. The van der Waals surface area contributed by atoms with E-state index in [-0.39, 0.29) is 42.3 Å². The number of alkyl halides is 2. The minimum absolute atomic E-state index is 0. The van der Waals surface area contributed by atoms with Gasteiger partial charge in [0, 0.05) is 31.7 Å². The van der Waals surface area contributed by atoms with Gasteiger partial charge in [0.15, 0.2) is 41.6 Å². The Bertz CT molecular complexity index is 1620. The van der Waals surface area contributed by atoms with Crippen molar-refractivity contribution in [1.29, 1.82) is 0 Å². The molecule has 0 amide bonds. The van der Waals surface area contributed by atoms with Gasteiger partial charge in [0.2, 0.25) is 0 Å². The van der Waals surface area contributed by atoms with Crippen molar-refractivity contribution < 1.29 is 49.9 Å². The van der Waals surface area contributed by atoms with Crippen molar-refractivity contribution in [2.24, 2.45) is 11.8 Å². The van der Waals surface area contributed by atoms with Gasteiger partial charge in [-0.05, 0) is 18.9 Å². The zero-order chi connectivity index (χ0) is 31.4. The summed E-state index contributed by atoms with van der Waals surface area (Å²) >= 11 is -1.92. The van der Waals surface area contributed by atoms with Gasteiger partial charge in [-0.3, -0.25) is 19.2 Å². The van der Waals surface area contributed by atoms with E-state index in [1.165, 1.54) is 23.2 Å². The number of halogens is 2. The van der Waals surface area contributed by atoms with E-state index in [4.69, 9.17) is 22.0 Å². The fourth-order valence-corrected chi connectivity index (χ4v) is 5.45. The van der Waals surface area contributed by atoms with Crippen LogP contribution >= 0.6 is 0 Å². The van der Waals surface area contributed by atoms with Crippen molar-refractivity contribution in [3.8, 4) is 0 Å². The Hall–Kier alpha value is -3.49. The summed E-state index contributed by atoms with van der Waals surface area (Å²) in [4.78, 5) is 27.0. The number of nitrogens with two attached hydrogens (primary N) is 1. The molecule has 6 rings (SSSR count). The van der Waals surface area contributed by atoms with E-state index in [1.54, 1.807) is 30.1 Å². The standard InChI is InChI=1S/C13H15FN4O3.C13H17FN4O.2O.Pt.H2/c1-3-9-7(2)10(14)13(21-9)17-6-16-11-8(18(19)20)4-5-15-12(11)17;1-3-9-7(2)10(14)13(19-9)18-6-17-11-8(15)4-5-16-12(11)18;;;;/h4-7,9-10,13H,3H2,1-2H3;4-7,9-10,13H,3H2,1-2H3,(H2,15,16);;;;1H/t2*7-,9-,10+,13-;;;;/m11..../s1. The van der Waals surface area contributed by atoms with Crippen LogP contribution in [0.25, 0.3) is 22.3 Å². The van der Waals surface area contributed by atoms with Crippen LogP contribution in [0.3, 0.4) is 0 Å². The molecular formula is C26H34F2N8O6Pt. The SMILES string of the molecule is CC[C@H]1O[C@@H](n2cnc3c(N)ccnc32)[C@@H](F)[C@@H]1C.CC[C@H]1O[C@@H](n2cnc3c([N+](=O)[O-])ccnc32)[C@@H](F)[C@@H]1C.[HH].[O]=[Pt]=[O]. The molecule has 14 nitrogen and oxygen atoms in total. The molecule has 0 saturated carbocycles. The number of anilines is 1. The van der Waals surface area contributed by atoms with E-state index in [1.807, 2.05) is 20.8 Å². The molecule has 8 atom stereocenters. The molecule has 2 saturated heterocycles. The third-order valence-corrected chi connectivity index (χ3v) is 7.83. The maximum absolute atomic E-state index is 14.4. The zero-order valence-electron chi connectivity index (χ0n) is 23.7. The molecule has 4 aromatic heterocycles. The van der Waals surface area contributed by atoms with Gasteiger partial charge in [-0.15, -0.1) is 0 Å². The zero-order valence-corrected chi connectivity index (χ0v) is 26.0. The minimum atomic E-state index is -1.92. The summed E-state index contributed by atoms with van der Waals surface area (Å²) in [5.41, 5.74) is 7.79. The van der Waals surface area contributed by atoms with Crippen LogP contribution < -0.4 is 5.73 Å². The first-order valence-corrected chi connectivity index (χ1v) is 15.4. The first-order valence-electron chi connectivity index (χ1n) is 13.6. The number of pyridine rings is 2. The van der Waals surface area contributed by atoms with Crippen LogP contribution in [0.2, 0.25) is 0 Å². The topological polar surface area (TPSA) is 183 Å².